The second-order valence-corrected chi connectivity index (χ2v) is 7.33. The Hall–Kier alpha value is -1.23. The second-order valence-electron chi connectivity index (χ2n) is 7.33. The molecule has 0 unspecified atom stereocenters. The molecular weight excluding hydrogens is 262 g/mol. The Morgan fingerprint density at radius 1 is 1.43 bits per heavy atom. The van der Waals surface area contributed by atoms with Crippen molar-refractivity contribution in [1.82, 2.24) is 20.3 Å². The molecule has 116 valence electrons. The molecule has 1 N–H and O–H groups in total. The van der Waals surface area contributed by atoms with E-state index in [2.05, 4.69) is 36.4 Å². The van der Waals surface area contributed by atoms with Gasteiger partial charge < -0.3 is 5.32 Å². The minimum atomic E-state index is 0.317. The molecule has 2 atom stereocenters. The van der Waals surface area contributed by atoms with Gasteiger partial charge in [0.15, 0.2) is 0 Å². The van der Waals surface area contributed by atoms with Crippen LogP contribution in [0.2, 0.25) is 0 Å². The zero-order valence-electron chi connectivity index (χ0n) is 13.7. The first-order chi connectivity index (χ1) is 9.97. The van der Waals surface area contributed by atoms with Crippen LogP contribution in [0.15, 0.2) is 11.2 Å². The summed E-state index contributed by atoms with van der Waals surface area (Å²) < 4.78 is 1.90. The van der Waals surface area contributed by atoms with E-state index in [0.717, 1.165) is 31.2 Å². The first kappa shape index (κ1) is 14.7. The number of hydrogen-bond acceptors (Lipinski definition) is 4. The highest BCUT2D eigenvalue weighted by molar-refractivity contribution is 5.94. The number of rotatable bonds is 5. The average Bonchev–Trinajstić information content (AvgIpc) is 3.02. The average molecular weight is 289 g/mol. The number of aromatic nitrogens is 3. The summed E-state index contributed by atoms with van der Waals surface area (Å²) in [6.07, 6.45) is 5.88. The maximum atomic E-state index is 4.94. The largest absolute Gasteiger partial charge is 0.314 e. The van der Waals surface area contributed by atoms with Crippen LogP contribution in [-0.2, 0) is 13.1 Å². The van der Waals surface area contributed by atoms with Crippen LogP contribution in [0.25, 0.3) is 0 Å². The molecule has 1 aromatic rings. The number of nitrogens with one attached hydrogen (secondary N) is 1. The topological polar surface area (TPSA) is 55.1 Å². The minimum Gasteiger partial charge on any atom is -0.314 e. The summed E-state index contributed by atoms with van der Waals surface area (Å²) in [5.41, 5.74) is 3.16. The lowest BCUT2D eigenvalue weighted by Gasteiger charge is -2.34. The lowest BCUT2D eigenvalue weighted by molar-refractivity contribution is 0.193. The smallest absolute Gasteiger partial charge is 0.0964 e. The van der Waals surface area contributed by atoms with Gasteiger partial charge in [-0.25, -0.2) is 0 Å². The SMILES string of the molecule is CNCc1cn(CCN=C2C[C@H]3CC[C@]2(C)C3(C)C)nn1. The van der Waals surface area contributed by atoms with Gasteiger partial charge in [0.2, 0.25) is 0 Å². The first-order valence-electron chi connectivity index (χ1n) is 8.05. The van der Waals surface area contributed by atoms with Crippen LogP contribution >= 0.6 is 0 Å². The third kappa shape index (κ3) is 2.31. The molecule has 0 spiro atoms. The molecule has 2 saturated carbocycles. The highest BCUT2D eigenvalue weighted by Crippen LogP contribution is 2.63. The fraction of sp³-hybridized carbons (Fsp3) is 0.812. The third-order valence-electron chi connectivity index (χ3n) is 6.09. The monoisotopic (exact) mass is 289 g/mol. The molecule has 2 aliphatic rings. The van der Waals surface area contributed by atoms with Crippen molar-refractivity contribution >= 4 is 5.71 Å². The van der Waals surface area contributed by atoms with E-state index in [-0.39, 0.29) is 0 Å². The van der Waals surface area contributed by atoms with E-state index in [1.165, 1.54) is 25.0 Å². The molecule has 0 aromatic carbocycles. The molecular formula is C16H27N5. The summed E-state index contributed by atoms with van der Waals surface area (Å²) in [5.74, 6) is 0.829. The predicted octanol–water partition coefficient (Wildman–Crippen LogP) is 2.28. The van der Waals surface area contributed by atoms with Crippen molar-refractivity contribution in [3.8, 4) is 0 Å². The van der Waals surface area contributed by atoms with Gasteiger partial charge in [0.25, 0.3) is 0 Å². The lowest BCUT2D eigenvalue weighted by atomic mass is 9.70. The highest BCUT2D eigenvalue weighted by atomic mass is 15.4. The molecule has 2 bridgehead atoms. The maximum absolute atomic E-state index is 4.94. The van der Waals surface area contributed by atoms with Gasteiger partial charge in [0.1, 0.15) is 0 Å². The fourth-order valence-corrected chi connectivity index (χ4v) is 4.16. The van der Waals surface area contributed by atoms with Gasteiger partial charge in [-0.1, -0.05) is 26.0 Å². The molecule has 1 aromatic heterocycles. The standard InChI is InChI=1S/C16H27N5/c1-15(2)12-5-6-16(15,3)14(9-12)18-7-8-21-11-13(10-17-4)19-20-21/h11-12,17H,5-10H2,1-4H3/t12-,16+/m1/s1. The highest BCUT2D eigenvalue weighted by Gasteiger charge is 2.59. The van der Waals surface area contributed by atoms with Gasteiger partial charge in [0, 0.05) is 23.9 Å². The quantitative estimate of drug-likeness (QED) is 0.905. The molecule has 3 rings (SSSR count). The normalized spacial score (nSPS) is 32.2. The molecule has 0 saturated heterocycles. The second kappa shape index (κ2) is 5.20. The number of nitrogens with zero attached hydrogens (tertiary/aromatic N) is 4. The van der Waals surface area contributed by atoms with Crippen LogP contribution in [0.4, 0.5) is 0 Å². The van der Waals surface area contributed by atoms with Gasteiger partial charge in [-0.05, 0) is 37.6 Å². The Bertz CT molecular complexity index is 545. The molecule has 21 heavy (non-hydrogen) atoms. The van der Waals surface area contributed by atoms with E-state index in [1.807, 2.05) is 17.9 Å². The van der Waals surface area contributed by atoms with Gasteiger partial charge in [-0.3, -0.25) is 9.67 Å². The van der Waals surface area contributed by atoms with E-state index >= 15 is 0 Å². The van der Waals surface area contributed by atoms with Crippen LogP contribution in [0.3, 0.4) is 0 Å². The van der Waals surface area contributed by atoms with Crippen molar-refractivity contribution in [3.63, 3.8) is 0 Å². The van der Waals surface area contributed by atoms with E-state index in [4.69, 9.17) is 4.99 Å². The van der Waals surface area contributed by atoms with Crippen LogP contribution in [0, 0.1) is 16.7 Å². The lowest BCUT2D eigenvalue weighted by Crippen LogP contribution is -2.32. The van der Waals surface area contributed by atoms with Crippen molar-refractivity contribution in [3.05, 3.63) is 11.9 Å². The summed E-state index contributed by atoms with van der Waals surface area (Å²) in [6, 6.07) is 0. The Balaban J connectivity index is 1.62. The summed E-state index contributed by atoms with van der Waals surface area (Å²) in [4.78, 5) is 4.94. The Morgan fingerprint density at radius 3 is 2.86 bits per heavy atom. The van der Waals surface area contributed by atoms with Crippen molar-refractivity contribution in [2.75, 3.05) is 13.6 Å². The summed E-state index contributed by atoms with van der Waals surface area (Å²) in [5, 5.41) is 11.4. The molecule has 0 amide bonds. The van der Waals surface area contributed by atoms with Crippen LogP contribution in [-0.4, -0.2) is 34.3 Å². The summed E-state index contributed by atoms with van der Waals surface area (Å²) >= 11 is 0. The van der Waals surface area contributed by atoms with Crippen LogP contribution < -0.4 is 5.32 Å². The fourth-order valence-electron chi connectivity index (χ4n) is 4.16. The van der Waals surface area contributed by atoms with Gasteiger partial charge in [0.05, 0.1) is 18.8 Å². The van der Waals surface area contributed by atoms with Crippen LogP contribution in [0.1, 0.15) is 45.7 Å². The Morgan fingerprint density at radius 2 is 2.24 bits per heavy atom. The summed E-state index contributed by atoms with van der Waals surface area (Å²) in [6.45, 7) is 9.67. The summed E-state index contributed by atoms with van der Waals surface area (Å²) in [7, 11) is 1.92. The van der Waals surface area contributed by atoms with Gasteiger partial charge in [-0.15, -0.1) is 5.10 Å². The van der Waals surface area contributed by atoms with Gasteiger partial charge in [-0.2, -0.15) is 0 Å². The molecule has 0 aliphatic heterocycles. The molecule has 0 radical (unpaired) electrons. The Labute approximate surface area is 127 Å². The van der Waals surface area contributed by atoms with Crippen molar-refractivity contribution < 1.29 is 0 Å². The van der Waals surface area contributed by atoms with Crippen molar-refractivity contribution in [2.45, 2.75) is 53.1 Å². The zero-order chi connectivity index (χ0) is 15.1. The van der Waals surface area contributed by atoms with Crippen LogP contribution in [0.5, 0.6) is 0 Å². The molecule has 1 heterocycles. The molecule has 5 nitrogen and oxygen atoms in total. The van der Waals surface area contributed by atoms with E-state index in [0.29, 0.717) is 10.8 Å². The minimum absolute atomic E-state index is 0.317. The van der Waals surface area contributed by atoms with Crippen molar-refractivity contribution in [2.24, 2.45) is 21.7 Å². The first-order valence-corrected chi connectivity index (χ1v) is 8.05. The van der Waals surface area contributed by atoms with E-state index in [1.54, 1.807) is 0 Å². The molecule has 5 heteroatoms. The molecule has 2 aliphatic carbocycles. The molecule has 2 fully saturated rings. The van der Waals surface area contributed by atoms with E-state index < -0.39 is 0 Å². The zero-order valence-corrected chi connectivity index (χ0v) is 13.7. The predicted molar refractivity (Wildman–Crippen MR) is 84.3 cm³/mol. The Kier molecular flexibility index (Phi) is 3.64. The third-order valence-corrected chi connectivity index (χ3v) is 6.09. The van der Waals surface area contributed by atoms with Crippen molar-refractivity contribution in [1.29, 1.82) is 0 Å². The number of fused-ring (bicyclic) bond motifs is 2. The van der Waals surface area contributed by atoms with Gasteiger partial charge >= 0.3 is 0 Å². The maximum Gasteiger partial charge on any atom is 0.0964 e. The number of hydrogen-bond donors (Lipinski definition) is 1. The number of aliphatic imine (C=N–C) groups is 1. The van der Waals surface area contributed by atoms with E-state index in [9.17, 15) is 0 Å².